The summed E-state index contributed by atoms with van der Waals surface area (Å²) in [5, 5.41) is 14.4. The van der Waals surface area contributed by atoms with Gasteiger partial charge in [0.25, 0.3) is 0 Å². The fourth-order valence-corrected chi connectivity index (χ4v) is 3.19. The van der Waals surface area contributed by atoms with E-state index in [0.717, 1.165) is 44.0 Å². The van der Waals surface area contributed by atoms with Gasteiger partial charge in [-0.3, -0.25) is 9.55 Å². The van der Waals surface area contributed by atoms with Crippen molar-refractivity contribution in [3.63, 3.8) is 0 Å². The average molecular weight is 332 g/mol. The van der Waals surface area contributed by atoms with Gasteiger partial charge in [0.1, 0.15) is 0 Å². The minimum atomic E-state index is -0.156. The fourth-order valence-electron chi connectivity index (χ4n) is 2.93. The van der Waals surface area contributed by atoms with Crippen LogP contribution in [0, 0.1) is 4.77 Å². The first-order chi connectivity index (χ1) is 11.2. The SMILES string of the molecule is C=CCn1c(-c2cccnc2)nn(C[NH+]2CCC(O)CC2)c1=S. The monoisotopic (exact) mass is 332 g/mol. The molecule has 3 heterocycles. The number of pyridine rings is 1. The summed E-state index contributed by atoms with van der Waals surface area (Å²) in [6.45, 7) is 7.05. The molecule has 6 nitrogen and oxygen atoms in total. The summed E-state index contributed by atoms with van der Waals surface area (Å²) in [4.78, 5) is 5.57. The molecule has 0 aliphatic carbocycles. The highest BCUT2D eigenvalue weighted by molar-refractivity contribution is 7.71. The average Bonchev–Trinajstić information content (AvgIpc) is 2.88. The van der Waals surface area contributed by atoms with E-state index < -0.39 is 0 Å². The number of likely N-dealkylation sites (tertiary alicyclic amines) is 1. The number of aliphatic hydroxyl groups is 1. The molecule has 23 heavy (non-hydrogen) atoms. The summed E-state index contributed by atoms with van der Waals surface area (Å²) in [7, 11) is 0. The lowest BCUT2D eigenvalue weighted by Crippen LogP contribution is -3.12. The molecule has 1 aliphatic heterocycles. The molecule has 0 spiro atoms. The van der Waals surface area contributed by atoms with Crippen molar-refractivity contribution in [1.82, 2.24) is 19.3 Å². The molecular formula is C16H22N5OS+. The largest absolute Gasteiger partial charge is 0.393 e. The highest BCUT2D eigenvalue weighted by atomic mass is 32.1. The van der Waals surface area contributed by atoms with Crippen LogP contribution in [0.15, 0.2) is 37.2 Å². The molecular weight excluding hydrogens is 310 g/mol. The van der Waals surface area contributed by atoms with Crippen LogP contribution in [-0.2, 0) is 13.2 Å². The third kappa shape index (κ3) is 3.57. The van der Waals surface area contributed by atoms with Gasteiger partial charge in [0.15, 0.2) is 12.5 Å². The van der Waals surface area contributed by atoms with Crippen molar-refractivity contribution in [2.45, 2.75) is 32.2 Å². The van der Waals surface area contributed by atoms with Crippen LogP contribution in [0.3, 0.4) is 0 Å². The number of allylic oxidation sites excluding steroid dienone is 1. The normalized spacial score (nSPS) is 21.3. The predicted octanol–water partition coefficient (Wildman–Crippen LogP) is 0.659. The summed E-state index contributed by atoms with van der Waals surface area (Å²) in [6.07, 6.45) is 6.89. The first kappa shape index (κ1) is 16.0. The Labute approximate surface area is 140 Å². The van der Waals surface area contributed by atoms with Gasteiger partial charge < -0.3 is 10.0 Å². The highest BCUT2D eigenvalue weighted by Gasteiger charge is 2.22. The Hall–Kier alpha value is -1.83. The van der Waals surface area contributed by atoms with Crippen LogP contribution in [0.2, 0.25) is 0 Å². The standard InChI is InChI=1S/C16H21N5OS/c1-2-8-20-15(13-4-3-7-17-11-13)18-21(16(20)23)12-19-9-5-14(22)6-10-19/h2-4,7,11,14,22H,1,5-6,8-10,12H2/p+1. The second-order valence-corrected chi connectivity index (χ2v) is 6.25. The van der Waals surface area contributed by atoms with Crippen molar-refractivity contribution < 1.29 is 10.0 Å². The molecule has 1 saturated heterocycles. The Kier molecular flexibility index (Phi) is 5.00. The van der Waals surface area contributed by atoms with Gasteiger partial charge in [-0.1, -0.05) is 6.08 Å². The number of hydrogen-bond acceptors (Lipinski definition) is 4. The van der Waals surface area contributed by atoms with E-state index in [1.165, 1.54) is 4.90 Å². The van der Waals surface area contributed by atoms with Crippen LogP contribution in [0.4, 0.5) is 0 Å². The number of quaternary nitrogens is 1. The molecule has 2 N–H and O–H groups in total. The summed E-state index contributed by atoms with van der Waals surface area (Å²) >= 11 is 5.60. The number of nitrogens with one attached hydrogen (secondary N) is 1. The molecule has 2 aromatic rings. The minimum Gasteiger partial charge on any atom is -0.393 e. The van der Waals surface area contributed by atoms with E-state index in [4.69, 9.17) is 17.3 Å². The molecule has 2 aromatic heterocycles. The van der Waals surface area contributed by atoms with E-state index >= 15 is 0 Å². The minimum absolute atomic E-state index is 0.156. The van der Waals surface area contributed by atoms with Gasteiger partial charge in [-0.2, -0.15) is 4.68 Å². The summed E-state index contributed by atoms with van der Waals surface area (Å²) < 4.78 is 4.56. The van der Waals surface area contributed by atoms with Gasteiger partial charge in [-0.25, -0.2) is 0 Å². The molecule has 0 amide bonds. The molecule has 0 aromatic carbocycles. The molecule has 122 valence electrons. The maximum absolute atomic E-state index is 9.64. The number of rotatable bonds is 5. The molecule has 0 unspecified atom stereocenters. The Morgan fingerprint density at radius 2 is 2.22 bits per heavy atom. The van der Waals surface area contributed by atoms with E-state index in [-0.39, 0.29) is 6.10 Å². The summed E-state index contributed by atoms with van der Waals surface area (Å²) in [6, 6.07) is 3.88. The molecule has 3 rings (SSSR count). The molecule has 0 bridgehead atoms. The first-order valence-electron chi connectivity index (χ1n) is 7.89. The number of aromatic nitrogens is 4. The Bertz CT molecular complexity index is 716. The van der Waals surface area contributed by atoms with Crippen LogP contribution in [0.25, 0.3) is 11.4 Å². The lowest BCUT2D eigenvalue weighted by atomic mass is 10.1. The molecule has 0 atom stereocenters. The zero-order chi connectivity index (χ0) is 16.2. The van der Waals surface area contributed by atoms with E-state index in [2.05, 4.69) is 11.6 Å². The first-order valence-corrected chi connectivity index (χ1v) is 8.30. The summed E-state index contributed by atoms with van der Waals surface area (Å²) in [5.41, 5.74) is 0.947. The van der Waals surface area contributed by atoms with Crippen LogP contribution >= 0.6 is 12.2 Å². The number of nitrogens with zero attached hydrogens (tertiary/aromatic N) is 4. The second kappa shape index (κ2) is 7.16. The smallest absolute Gasteiger partial charge is 0.203 e. The van der Waals surface area contributed by atoms with Crippen LogP contribution in [0.1, 0.15) is 12.8 Å². The van der Waals surface area contributed by atoms with Crippen LogP contribution < -0.4 is 4.90 Å². The van der Waals surface area contributed by atoms with Gasteiger partial charge in [0, 0.05) is 37.3 Å². The molecule has 1 fully saturated rings. The van der Waals surface area contributed by atoms with Crippen molar-refractivity contribution in [3.05, 3.63) is 42.0 Å². The third-order valence-corrected chi connectivity index (χ3v) is 4.62. The predicted molar refractivity (Wildman–Crippen MR) is 90.4 cm³/mol. The van der Waals surface area contributed by atoms with Crippen molar-refractivity contribution in [2.75, 3.05) is 13.1 Å². The zero-order valence-electron chi connectivity index (χ0n) is 13.1. The molecule has 0 saturated carbocycles. The molecule has 0 radical (unpaired) electrons. The van der Waals surface area contributed by atoms with Crippen molar-refractivity contribution in [2.24, 2.45) is 0 Å². The van der Waals surface area contributed by atoms with Gasteiger partial charge in [0.2, 0.25) is 4.77 Å². The van der Waals surface area contributed by atoms with Gasteiger partial charge in [-0.15, -0.1) is 11.7 Å². The lowest BCUT2D eigenvalue weighted by Gasteiger charge is -2.26. The summed E-state index contributed by atoms with van der Waals surface area (Å²) in [5.74, 6) is 0.819. The van der Waals surface area contributed by atoms with Crippen LogP contribution in [-0.4, -0.2) is 43.6 Å². The fraction of sp³-hybridized carbons (Fsp3) is 0.438. The van der Waals surface area contributed by atoms with Gasteiger partial charge >= 0.3 is 0 Å². The second-order valence-electron chi connectivity index (χ2n) is 5.89. The number of hydrogen-bond donors (Lipinski definition) is 2. The maximum Gasteiger partial charge on any atom is 0.203 e. The van der Waals surface area contributed by atoms with Crippen molar-refractivity contribution >= 4 is 12.2 Å². The molecule has 1 aliphatic rings. The van der Waals surface area contributed by atoms with Crippen molar-refractivity contribution in [1.29, 1.82) is 0 Å². The number of aliphatic hydroxyl groups excluding tert-OH is 1. The van der Waals surface area contributed by atoms with Crippen LogP contribution in [0.5, 0.6) is 0 Å². The van der Waals surface area contributed by atoms with Gasteiger partial charge in [-0.05, 0) is 24.4 Å². The lowest BCUT2D eigenvalue weighted by molar-refractivity contribution is -0.929. The molecule has 7 heteroatoms. The van der Waals surface area contributed by atoms with Crippen molar-refractivity contribution in [3.8, 4) is 11.4 Å². The number of piperidine rings is 1. The van der Waals surface area contributed by atoms with E-state index in [0.29, 0.717) is 11.3 Å². The maximum atomic E-state index is 9.64. The topological polar surface area (TPSA) is 60.3 Å². The van der Waals surface area contributed by atoms with E-state index in [1.54, 1.807) is 12.4 Å². The Balaban J connectivity index is 1.89. The van der Waals surface area contributed by atoms with E-state index in [9.17, 15) is 5.11 Å². The Morgan fingerprint density at radius 3 is 2.87 bits per heavy atom. The quantitative estimate of drug-likeness (QED) is 0.624. The zero-order valence-corrected chi connectivity index (χ0v) is 13.9. The van der Waals surface area contributed by atoms with Gasteiger partial charge in [0.05, 0.1) is 19.2 Å². The Morgan fingerprint density at radius 1 is 1.43 bits per heavy atom. The highest BCUT2D eigenvalue weighted by Crippen LogP contribution is 2.17. The van der Waals surface area contributed by atoms with E-state index in [1.807, 2.05) is 27.5 Å². The third-order valence-electron chi connectivity index (χ3n) is 4.19.